The quantitative estimate of drug-likeness (QED) is 0.268. The van der Waals surface area contributed by atoms with Crippen LogP contribution in [0, 0.1) is 35.0 Å². The Balaban J connectivity index is 1.37. The molecule has 5 aliphatic rings. The first-order chi connectivity index (χ1) is 19.6. The molecule has 5 rings (SSSR count). The maximum atomic E-state index is 12.0. The fourth-order valence-corrected chi connectivity index (χ4v) is 8.16. The number of methoxy groups -OCH3 is 1. The van der Waals surface area contributed by atoms with Gasteiger partial charge in [0, 0.05) is 31.9 Å². The minimum atomic E-state index is -0.949. The molecule has 2 heterocycles. The molecular formula is C32H51NO8. The van der Waals surface area contributed by atoms with Crippen LogP contribution in [0.1, 0.15) is 66.7 Å². The Morgan fingerprint density at radius 3 is 2.71 bits per heavy atom. The summed E-state index contributed by atoms with van der Waals surface area (Å²) in [6.07, 6.45) is 3.09. The lowest BCUT2D eigenvalue weighted by Crippen LogP contribution is -2.47. The van der Waals surface area contributed by atoms with Gasteiger partial charge < -0.3 is 39.2 Å². The second-order valence-electron chi connectivity index (χ2n) is 13.4. The Bertz CT molecular complexity index is 1010. The second-order valence-corrected chi connectivity index (χ2v) is 13.4. The maximum absolute atomic E-state index is 12.0. The molecule has 0 aromatic rings. The van der Waals surface area contributed by atoms with E-state index in [9.17, 15) is 15.0 Å². The van der Waals surface area contributed by atoms with E-state index in [1.165, 1.54) is 18.1 Å². The smallest absolute Gasteiger partial charge is 0.216 e. The highest BCUT2D eigenvalue weighted by Gasteiger charge is 2.56. The summed E-state index contributed by atoms with van der Waals surface area (Å²) in [5.74, 6) is 0.512. The number of aliphatic hydroxyl groups excluding tert-OH is 2. The highest BCUT2D eigenvalue weighted by Crippen LogP contribution is 2.56. The summed E-state index contributed by atoms with van der Waals surface area (Å²) in [4.78, 5) is 11.1. The zero-order valence-electron chi connectivity index (χ0n) is 25.6. The Morgan fingerprint density at radius 1 is 1.22 bits per heavy atom. The molecule has 2 aliphatic heterocycles. The number of hydrogen-bond donors (Lipinski definition) is 3. The number of nitrogens with one attached hydrogen (secondary N) is 1. The molecule has 2 unspecified atom stereocenters. The van der Waals surface area contributed by atoms with Crippen LogP contribution in [0.4, 0.5) is 0 Å². The fourth-order valence-electron chi connectivity index (χ4n) is 8.16. The highest BCUT2D eigenvalue weighted by molar-refractivity contribution is 5.72. The molecule has 3 N–H and O–H groups in total. The van der Waals surface area contributed by atoms with E-state index in [1.54, 1.807) is 7.11 Å². The van der Waals surface area contributed by atoms with Crippen molar-refractivity contribution < 1.29 is 38.7 Å². The van der Waals surface area contributed by atoms with E-state index in [4.69, 9.17) is 23.7 Å². The number of aliphatic hydroxyl groups is 2. The third-order valence-electron chi connectivity index (χ3n) is 10.3. The van der Waals surface area contributed by atoms with E-state index in [0.717, 1.165) is 31.3 Å². The highest BCUT2D eigenvalue weighted by atomic mass is 16.7. The molecule has 2 saturated heterocycles. The van der Waals surface area contributed by atoms with Crippen molar-refractivity contribution >= 4 is 5.91 Å². The van der Waals surface area contributed by atoms with Gasteiger partial charge in [-0.2, -0.15) is 0 Å². The van der Waals surface area contributed by atoms with Gasteiger partial charge in [0.15, 0.2) is 12.6 Å². The van der Waals surface area contributed by atoms with Gasteiger partial charge in [0.1, 0.15) is 12.2 Å². The average molecular weight is 578 g/mol. The van der Waals surface area contributed by atoms with Crippen LogP contribution in [0.2, 0.25) is 0 Å². The number of amides is 1. The SMILES string of the molecule is COC[C@H]1CC[C@@H]2/C1=C\[C@@]1(C)CCC(C(C)C)=C1[C@@H](O[C@H]1O[C@@H]3CO[C@@H](OCCCNC(C)=O)C3C1O)[C@H](O)[C@@H]2C. The third-order valence-corrected chi connectivity index (χ3v) is 10.3. The summed E-state index contributed by atoms with van der Waals surface area (Å²) < 4.78 is 30.4. The van der Waals surface area contributed by atoms with Crippen LogP contribution < -0.4 is 5.32 Å². The van der Waals surface area contributed by atoms with E-state index in [2.05, 4.69) is 39.1 Å². The van der Waals surface area contributed by atoms with E-state index in [1.807, 2.05) is 0 Å². The zero-order valence-corrected chi connectivity index (χ0v) is 25.6. The monoisotopic (exact) mass is 577 g/mol. The van der Waals surface area contributed by atoms with Gasteiger partial charge >= 0.3 is 0 Å². The van der Waals surface area contributed by atoms with Gasteiger partial charge in [-0.1, -0.05) is 44.9 Å². The molecule has 9 heteroatoms. The lowest BCUT2D eigenvalue weighted by molar-refractivity contribution is -0.224. The number of fused-ring (bicyclic) bond motifs is 3. The molecule has 0 bridgehead atoms. The predicted molar refractivity (Wildman–Crippen MR) is 153 cm³/mol. The zero-order chi connectivity index (χ0) is 29.5. The van der Waals surface area contributed by atoms with Gasteiger partial charge in [-0.25, -0.2) is 0 Å². The van der Waals surface area contributed by atoms with Crippen molar-refractivity contribution in [3.63, 3.8) is 0 Å². The number of rotatable bonds is 10. The van der Waals surface area contributed by atoms with Crippen LogP contribution in [-0.4, -0.2) is 86.6 Å². The number of carbonyl (C=O) groups is 1. The van der Waals surface area contributed by atoms with Crippen molar-refractivity contribution in [2.45, 2.75) is 104 Å². The molecule has 0 radical (unpaired) electrons. The molecular weight excluding hydrogens is 526 g/mol. The second kappa shape index (κ2) is 12.7. The molecule has 41 heavy (non-hydrogen) atoms. The van der Waals surface area contributed by atoms with Gasteiger partial charge in [0.05, 0.1) is 37.9 Å². The van der Waals surface area contributed by atoms with E-state index in [-0.39, 0.29) is 35.2 Å². The van der Waals surface area contributed by atoms with Gasteiger partial charge in [-0.05, 0) is 55.4 Å². The normalized spacial score (nSPS) is 43.4. The Hall–Kier alpha value is -1.33. The molecule has 3 fully saturated rings. The van der Waals surface area contributed by atoms with Crippen LogP contribution in [-0.2, 0) is 28.5 Å². The summed E-state index contributed by atoms with van der Waals surface area (Å²) in [7, 11) is 1.77. The fraction of sp³-hybridized carbons (Fsp3) is 0.844. The first-order valence-electron chi connectivity index (χ1n) is 15.7. The molecule has 0 spiro atoms. The molecule has 0 aromatic heterocycles. The summed E-state index contributed by atoms with van der Waals surface area (Å²) >= 11 is 0. The lowest BCUT2D eigenvalue weighted by Gasteiger charge is -2.43. The van der Waals surface area contributed by atoms with Crippen molar-refractivity contribution in [3.05, 3.63) is 22.8 Å². The van der Waals surface area contributed by atoms with Crippen LogP contribution in [0.5, 0.6) is 0 Å². The van der Waals surface area contributed by atoms with Crippen molar-refractivity contribution in [2.75, 3.05) is 33.5 Å². The lowest BCUT2D eigenvalue weighted by atomic mass is 9.68. The van der Waals surface area contributed by atoms with Crippen molar-refractivity contribution in [1.29, 1.82) is 0 Å². The molecule has 11 atom stereocenters. The number of hydrogen-bond acceptors (Lipinski definition) is 8. The van der Waals surface area contributed by atoms with Gasteiger partial charge in [-0.15, -0.1) is 0 Å². The molecule has 0 aromatic carbocycles. The first kappa shape index (κ1) is 31.1. The van der Waals surface area contributed by atoms with Crippen molar-refractivity contribution in [1.82, 2.24) is 5.32 Å². The minimum Gasteiger partial charge on any atom is -0.390 e. The van der Waals surface area contributed by atoms with Crippen LogP contribution in [0.25, 0.3) is 0 Å². The number of ether oxygens (including phenoxy) is 5. The van der Waals surface area contributed by atoms with Crippen LogP contribution in [0.3, 0.4) is 0 Å². The van der Waals surface area contributed by atoms with Crippen molar-refractivity contribution in [2.24, 2.45) is 35.0 Å². The summed E-state index contributed by atoms with van der Waals surface area (Å²) in [5, 5.41) is 26.2. The summed E-state index contributed by atoms with van der Waals surface area (Å²) in [6, 6.07) is 0. The summed E-state index contributed by atoms with van der Waals surface area (Å²) in [5.41, 5.74) is 3.70. The first-order valence-corrected chi connectivity index (χ1v) is 15.7. The van der Waals surface area contributed by atoms with Gasteiger partial charge in [0.2, 0.25) is 5.91 Å². The van der Waals surface area contributed by atoms with Crippen molar-refractivity contribution in [3.8, 4) is 0 Å². The Labute approximate surface area is 245 Å². The van der Waals surface area contributed by atoms with E-state index >= 15 is 0 Å². The largest absolute Gasteiger partial charge is 0.390 e. The topological polar surface area (TPSA) is 116 Å². The molecule has 9 nitrogen and oxygen atoms in total. The van der Waals surface area contributed by atoms with Gasteiger partial charge in [-0.3, -0.25) is 4.79 Å². The van der Waals surface area contributed by atoms with Crippen LogP contribution in [0.15, 0.2) is 22.8 Å². The Morgan fingerprint density at radius 2 is 2.00 bits per heavy atom. The molecule has 3 aliphatic carbocycles. The number of carbonyl (C=O) groups excluding carboxylic acids is 1. The Kier molecular flexibility index (Phi) is 9.65. The molecule has 232 valence electrons. The minimum absolute atomic E-state index is 0.0137. The van der Waals surface area contributed by atoms with Gasteiger partial charge in [0.25, 0.3) is 0 Å². The van der Waals surface area contributed by atoms with E-state index < -0.39 is 30.9 Å². The molecule has 1 amide bonds. The predicted octanol–water partition coefficient (Wildman–Crippen LogP) is 3.34. The molecule has 1 saturated carbocycles. The average Bonchev–Trinajstić information content (AvgIpc) is 3.66. The number of allylic oxidation sites excluding steroid dienone is 2. The summed E-state index contributed by atoms with van der Waals surface area (Å²) in [6.45, 7) is 12.3. The van der Waals surface area contributed by atoms with Crippen LogP contribution >= 0.6 is 0 Å². The van der Waals surface area contributed by atoms with E-state index in [0.29, 0.717) is 44.6 Å². The third kappa shape index (κ3) is 6.06. The maximum Gasteiger partial charge on any atom is 0.216 e. The standard InChI is InChI=1S/C32H51NO8/c1-17(2)21-10-11-32(5)14-23-20(15-37-6)8-9-22(23)18(3)27(35)29(26(21)32)41-31-28(36)25-24(40-31)16-39-30(25)38-13-7-12-33-19(4)34/h14,17-18,20,22,24-25,27-31,35-36H,7-13,15-16H2,1-6H3,(H,33,34)/b23-14-/t18-,20-,22+,24-,25?,27-,28?,29-,30-,31-,32-/m1/s1.